The quantitative estimate of drug-likeness (QED) is 0.897. The van der Waals surface area contributed by atoms with Crippen molar-refractivity contribution in [2.45, 2.75) is 44.6 Å². The molecule has 1 aromatic heterocycles. The van der Waals surface area contributed by atoms with Gasteiger partial charge in [-0.05, 0) is 19.3 Å². The Morgan fingerprint density at radius 3 is 2.70 bits per heavy atom. The fourth-order valence-corrected chi connectivity index (χ4v) is 3.50. The van der Waals surface area contributed by atoms with E-state index in [0.717, 1.165) is 38.6 Å². The molecule has 1 amide bonds. The summed E-state index contributed by atoms with van der Waals surface area (Å²) < 4.78 is 0. The fraction of sp³-hybridized carbons (Fsp3) is 0.733. The molecule has 0 bridgehead atoms. The van der Waals surface area contributed by atoms with Crippen LogP contribution in [0.4, 0.5) is 0 Å². The maximum atomic E-state index is 12.3. The number of hydrogen-bond acceptors (Lipinski definition) is 3. The van der Waals surface area contributed by atoms with Crippen molar-refractivity contribution in [1.29, 1.82) is 0 Å². The summed E-state index contributed by atoms with van der Waals surface area (Å²) in [6.45, 7) is 3.88. The predicted molar refractivity (Wildman–Crippen MR) is 77.6 cm³/mol. The first-order valence-electron chi connectivity index (χ1n) is 7.87. The van der Waals surface area contributed by atoms with Crippen LogP contribution in [0.2, 0.25) is 0 Å². The zero-order chi connectivity index (χ0) is 13.8. The van der Waals surface area contributed by atoms with E-state index in [4.69, 9.17) is 0 Å². The van der Waals surface area contributed by atoms with Gasteiger partial charge in [0, 0.05) is 38.4 Å². The molecule has 0 aromatic carbocycles. The van der Waals surface area contributed by atoms with E-state index in [0.29, 0.717) is 5.56 Å². The van der Waals surface area contributed by atoms with Crippen LogP contribution in [-0.2, 0) is 0 Å². The van der Waals surface area contributed by atoms with Gasteiger partial charge in [0.2, 0.25) is 0 Å². The third-order valence-corrected chi connectivity index (χ3v) is 4.65. The molecule has 1 saturated carbocycles. The molecule has 1 aromatic rings. The van der Waals surface area contributed by atoms with Gasteiger partial charge in [0.25, 0.3) is 5.91 Å². The largest absolute Gasteiger partial charge is 0.337 e. The Morgan fingerprint density at radius 1 is 1.10 bits per heavy atom. The second-order valence-electron chi connectivity index (χ2n) is 5.96. The smallest absolute Gasteiger partial charge is 0.257 e. The van der Waals surface area contributed by atoms with Crippen LogP contribution >= 0.6 is 0 Å². The van der Waals surface area contributed by atoms with Crippen LogP contribution in [0.15, 0.2) is 12.4 Å². The van der Waals surface area contributed by atoms with Crippen LogP contribution < -0.4 is 0 Å². The molecule has 1 N–H and O–H groups in total. The molecule has 1 aliphatic heterocycles. The predicted octanol–water partition coefficient (Wildman–Crippen LogP) is 1.89. The second-order valence-corrected chi connectivity index (χ2v) is 5.96. The van der Waals surface area contributed by atoms with Gasteiger partial charge in [-0.15, -0.1) is 0 Å². The summed E-state index contributed by atoms with van der Waals surface area (Å²) in [5, 5.41) is 6.58. The van der Waals surface area contributed by atoms with Gasteiger partial charge in [-0.2, -0.15) is 5.10 Å². The molecule has 2 aliphatic rings. The number of rotatable bonds is 2. The number of nitrogens with one attached hydrogen (secondary N) is 1. The summed E-state index contributed by atoms with van der Waals surface area (Å²) >= 11 is 0. The monoisotopic (exact) mass is 276 g/mol. The molecule has 110 valence electrons. The van der Waals surface area contributed by atoms with Crippen molar-refractivity contribution in [3.05, 3.63) is 18.0 Å². The van der Waals surface area contributed by atoms with Crippen molar-refractivity contribution in [3.63, 3.8) is 0 Å². The normalized spacial score (nSPS) is 22.7. The SMILES string of the molecule is O=C(c1cn[nH]c1)N1CCCN(C2CCCCC2)CC1. The molecule has 0 unspecified atom stereocenters. The Hall–Kier alpha value is -1.36. The lowest BCUT2D eigenvalue weighted by Gasteiger charge is -2.33. The second kappa shape index (κ2) is 6.39. The molecule has 2 fully saturated rings. The summed E-state index contributed by atoms with van der Waals surface area (Å²) in [5.74, 6) is 0.115. The molecule has 1 aliphatic carbocycles. The van der Waals surface area contributed by atoms with E-state index in [-0.39, 0.29) is 5.91 Å². The maximum absolute atomic E-state index is 12.3. The molecule has 3 rings (SSSR count). The van der Waals surface area contributed by atoms with Gasteiger partial charge < -0.3 is 4.90 Å². The third kappa shape index (κ3) is 3.03. The van der Waals surface area contributed by atoms with Gasteiger partial charge in [0.15, 0.2) is 0 Å². The van der Waals surface area contributed by atoms with Crippen LogP contribution in [0.25, 0.3) is 0 Å². The number of aromatic nitrogens is 2. The van der Waals surface area contributed by atoms with E-state index in [1.165, 1.54) is 32.1 Å². The first kappa shape index (κ1) is 13.6. The summed E-state index contributed by atoms with van der Waals surface area (Å²) in [4.78, 5) is 16.9. The summed E-state index contributed by atoms with van der Waals surface area (Å²) in [5.41, 5.74) is 0.677. The molecule has 5 heteroatoms. The van der Waals surface area contributed by atoms with Gasteiger partial charge in [-0.1, -0.05) is 19.3 Å². The average molecular weight is 276 g/mol. The van der Waals surface area contributed by atoms with Crippen LogP contribution in [-0.4, -0.2) is 58.1 Å². The fourth-order valence-electron chi connectivity index (χ4n) is 3.50. The molecular formula is C15H24N4O. The zero-order valence-corrected chi connectivity index (χ0v) is 12.1. The minimum atomic E-state index is 0.115. The van der Waals surface area contributed by atoms with E-state index in [2.05, 4.69) is 15.1 Å². The third-order valence-electron chi connectivity index (χ3n) is 4.65. The van der Waals surface area contributed by atoms with Gasteiger partial charge in [0.05, 0.1) is 11.8 Å². The van der Waals surface area contributed by atoms with Crippen molar-refractivity contribution < 1.29 is 4.79 Å². The Bertz CT molecular complexity index is 425. The highest BCUT2D eigenvalue weighted by molar-refractivity contribution is 5.93. The van der Waals surface area contributed by atoms with Crippen LogP contribution in [0.5, 0.6) is 0 Å². The highest BCUT2D eigenvalue weighted by Gasteiger charge is 2.25. The number of H-pyrrole nitrogens is 1. The first-order valence-corrected chi connectivity index (χ1v) is 7.87. The maximum Gasteiger partial charge on any atom is 0.257 e. The van der Waals surface area contributed by atoms with Crippen LogP contribution in [0.3, 0.4) is 0 Å². The van der Waals surface area contributed by atoms with E-state index in [1.54, 1.807) is 12.4 Å². The number of hydrogen-bond donors (Lipinski definition) is 1. The molecule has 5 nitrogen and oxygen atoms in total. The standard InChI is InChI=1S/C15H24N4O/c20-15(13-11-16-17-12-13)19-8-4-7-18(9-10-19)14-5-2-1-3-6-14/h11-12,14H,1-10H2,(H,16,17). The molecule has 2 heterocycles. The summed E-state index contributed by atoms with van der Waals surface area (Å²) in [7, 11) is 0. The molecule has 20 heavy (non-hydrogen) atoms. The lowest BCUT2D eigenvalue weighted by molar-refractivity contribution is 0.0755. The Kier molecular flexibility index (Phi) is 4.35. The molecule has 0 atom stereocenters. The van der Waals surface area contributed by atoms with E-state index < -0.39 is 0 Å². The van der Waals surface area contributed by atoms with Gasteiger partial charge in [0.1, 0.15) is 0 Å². The Balaban J connectivity index is 1.57. The lowest BCUT2D eigenvalue weighted by Crippen LogP contribution is -2.40. The van der Waals surface area contributed by atoms with Crippen molar-refractivity contribution >= 4 is 5.91 Å². The topological polar surface area (TPSA) is 52.2 Å². The van der Waals surface area contributed by atoms with Crippen molar-refractivity contribution in [2.24, 2.45) is 0 Å². The van der Waals surface area contributed by atoms with E-state index >= 15 is 0 Å². The molecule has 1 saturated heterocycles. The number of aromatic amines is 1. The molecular weight excluding hydrogens is 252 g/mol. The van der Waals surface area contributed by atoms with Gasteiger partial charge in [-0.25, -0.2) is 0 Å². The molecule has 0 radical (unpaired) electrons. The minimum absolute atomic E-state index is 0.115. The van der Waals surface area contributed by atoms with E-state index in [1.807, 2.05) is 4.90 Å². The number of amides is 1. The van der Waals surface area contributed by atoms with Crippen LogP contribution in [0, 0.1) is 0 Å². The number of carbonyl (C=O) groups excluding carboxylic acids is 1. The van der Waals surface area contributed by atoms with Crippen molar-refractivity contribution in [2.75, 3.05) is 26.2 Å². The highest BCUT2D eigenvalue weighted by Crippen LogP contribution is 2.23. The number of carbonyl (C=O) groups is 1. The Morgan fingerprint density at radius 2 is 1.95 bits per heavy atom. The summed E-state index contributed by atoms with van der Waals surface area (Å²) in [6.07, 6.45) is 11.2. The van der Waals surface area contributed by atoms with Crippen LogP contribution in [0.1, 0.15) is 48.9 Å². The Labute approximate surface area is 120 Å². The lowest BCUT2D eigenvalue weighted by atomic mass is 9.94. The minimum Gasteiger partial charge on any atom is -0.337 e. The summed E-state index contributed by atoms with van der Waals surface area (Å²) in [6, 6.07) is 0.757. The van der Waals surface area contributed by atoms with Gasteiger partial charge >= 0.3 is 0 Å². The van der Waals surface area contributed by atoms with Gasteiger partial charge in [-0.3, -0.25) is 14.8 Å². The molecule has 0 spiro atoms. The highest BCUT2D eigenvalue weighted by atomic mass is 16.2. The number of nitrogens with zero attached hydrogens (tertiary/aromatic N) is 3. The average Bonchev–Trinajstić information content (AvgIpc) is 2.92. The van der Waals surface area contributed by atoms with E-state index in [9.17, 15) is 4.79 Å². The van der Waals surface area contributed by atoms with Crippen molar-refractivity contribution in [1.82, 2.24) is 20.0 Å². The van der Waals surface area contributed by atoms with Crippen molar-refractivity contribution in [3.8, 4) is 0 Å². The zero-order valence-electron chi connectivity index (χ0n) is 12.1. The first-order chi connectivity index (χ1) is 9.84.